The minimum absolute atomic E-state index is 0.0403. The SMILES string of the molecule is CCN(CC)Cc1ccc(CNC(=O)CSC2CCS(=O)(=O)C2)cc1. The van der Waals surface area contributed by atoms with Crippen molar-refractivity contribution in [1.29, 1.82) is 0 Å². The lowest BCUT2D eigenvalue weighted by Gasteiger charge is -2.18. The predicted octanol–water partition coefficient (Wildman–Crippen LogP) is 2.06. The fraction of sp³-hybridized carbons (Fsp3) is 0.611. The zero-order chi connectivity index (χ0) is 18.3. The molecule has 0 radical (unpaired) electrons. The second kappa shape index (κ2) is 9.59. The molecule has 1 heterocycles. The molecule has 25 heavy (non-hydrogen) atoms. The first-order valence-corrected chi connectivity index (χ1v) is 11.7. The number of nitrogens with one attached hydrogen (secondary N) is 1. The Morgan fingerprint density at radius 2 is 1.84 bits per heavy atom. The number of nitrogens with zero attached hydrogens (tertiary/aromatic N) is 1. The van der Waals surface area contributed by atoms with Crippen LogP contribution in [0.3, 0.4) is 0 Å². The highest BCUT2D eigenvalue weighted by atomic mass is 32.2. The summed E-state index contributed by atoms with van der Waals surface area (Å²) in [5, 5.41) is 2.97. The third-order valence-corrected chi connectivity index (χ3v) is 7.74. The van der Waals surface area contributed by atoms with Gasteiger partial charge in [-0.1, -0.05) is 38.1 Å². The number of rotatable bonds is 9. The van der Waals surface area contributed by atoms with Crippen molar-refractivity contribution in [2.24, 2.45) is 0 Å². The molecule has 1 saturated heterocycles. The van der Waals surface area contributed by atoms with Gasteiger partial charge in [0.1, 0.15) is 0 Å². The van der Waals surface area contributed by atoms with Crippen LogP contribution in [0.4, 0.5) is 0 Å². The van der Waals surface area contributed by atoms with E-state index in [-0.39, 0.29) is 22.7 Å². The molecule has 0 saturated carbocycles. The largest absolute Gasteiger partial charge is 0.351 e. The summed E-state index contributed by atoms with van der Waals surface area (Å²) in [6, 6.07) is 8.32. The van der Waals surface area contributed by atoms with Crippen LogP contribution in [0.15, 0.2) is 24.3 Å². The van der Waals surface area contributed by atoms with Crippen molar-refractivity contribution in [2.45, 2.75) is 38.6 Å². The van der Waals surface area contributed by atoms with Crippen LogP contribution in [0.1, 0.15) is 31.4 Å². The fourth-order valence-electron chi connectivity index (χ4n) is 2.81. The van der Waals surface area contributed by atoms with E-state index in [1.54, 1.807) is 0 Å². The Bertz CT molecular complexity index is 655. The highest BCUT2D eigenvalue weighted by molar-refractivity contribution is 8.02. The van der Waals surface area contributed by atoms with Crippen molar-refractivity contribution in [2.75, 3.05) is 30.3 Å². The third-order valence-electron chi connectivity index (χ3n) is 4.45. The minimum Gasteiger partial charge on any atom is -0.351 e. The van der Waals surface area contributed by atoms with Gasteiger partial charge < -0.3 is 5.32 Å². The van der Waals surface area contributed by atoms with Crippen molar-refractivity contribution in [1.82, 2.24) is 10.2 Å². The molecule has 1 unspecified atom stereocenters. The Kier molecular flexibility index (Phi) is 7.78. The van der Waals surface area contributed by atoms with E-state index in [9.17, 15) is 13.2 Å². The van der Waals surface area contributed by atoms with Crippen molar-refractivity contribution in [3.63, 3.8) is 0 Å². The monoisotopic (exact) mass is 384 g/mol. The zero-order valence-electron chi connectivity index (χ0n) is 15.0. The van der Waals surface area contributed by atoms with Crippen LogP contribution >= 0.6 is 11.8 Å². The summed E-state index contributed by atoms with van der Waals surface area (Å²) in [7, 11) is -2.87. The lowest BCUT2D eigenvalue weighted by Crippen LogP contribution is -2.26. The number of carbonyl (C=O) groups excluding carboxylic acids is 1. The van der Waals surface area contributed by atoms with E-state index in [1.165, 1.54) is 17.3 Å². The maximum atomic E-state index is 11.9. The van der Waals surface area contributed by atoms with Gasteiger partial charge in [-0.15, -0.1) is 11.8 Å². The van der Waals surface area contributed by atoms with Gasteiger partial charge in [0.15, 0.2) is 9.84 Å². The van der Waals surface area contributed by atoms with Crippen molar-refractivity contribution in [3.05, 3.63) is 35.4 Å². The van der Waals surface area contributed by atoms with Gasteiger partial charge in [0, 0.05) is 18.3 Å². The molecule has 0 aromatic heterocycles. The van der Waals surface area contributed by atoms with Gasteiger partial charge in [0.05, 0.1) is 17.3 Å². The maximum absolute atomic E-state index is 11.9. The fourth-order valence-corrected chi connectivity index (χ4v) is 6.28. The smallest absolute Gasteiger partial charge is 0.230 e. The molecule has 5 nitrogen and oxygen atoms in total. The topological polar surface area (TPSA) is 66.5 Å². The Morgan fingerprint density at radius 1 is 1.20 bits per heavy atom. The quantitative estimate of drug-likeness (QED) is 0.706. The molecule has 0 spiro atoms. The Hall–Kier alpha value is -1.05. The molecule has 1 aliphatic rings. The average molecular weight is 385 g/mol. The van der Waals surface area contributed by atoms with Gasteiger partial charge in [0.25, 0.3) is 0 Å². The van der Waals surface area contributed by atoms with E-state index < -0.39 is 9.84 Å². The summed E-state index contributed by atoms with van der Waals surface area (Å²) in [6.07, 6.45) is 0.661. The number of benzene rings is 1. The van der Waals surface area contributed by atoms with Crippen LogP contribution in [0.25, 0.3) is 0 Å². The molecule has 1 N–H and O–H groups in total. The molecule has 0 bridgehead atoms. The summed E-state index contributed by atoms with van der Waals surface area (Å²) in [6.45, 7) is 7.84. The van der Waals surface area contributed by atoms with Crippen molar-refractivity contribution in [3.8, 4) is 0 Å². The summed E-state index contributed by atoms with van der Waals surface area (Å²) >= 11 is 1.45. The first-order chi connectivity index (χ1) is 11.9. The van der Waals surface area contributed by atoms with Gasteiger partial charge in [-0.2, -0.15) is 0 Å². The average Bonchev–Trinajstić information content (AvgIpc) is 2.96. The first-order valence-electron chi connectivity index (χ1n) is 8.80. The number of amides is 1. The second-order valence-electron chi connectivity index (χ2n) is 6.39. The summed E-state index contributed by atoms with van der Waals surface area (Å²) in [5.41, 5.74) is 2.35. The molecule has 1 amide bonds. The Labute approximate surface area is 155 Å². The third kappa shape index (κ3) is 6.99. The number of sulfone groups is 1. The van der Waals surface area contributed by atoms with Crippen LogP contribution in [0.5, 0.6) is 0 Å². The summed E-state index contributed by atoms with van der Waals surface area (Å²) in [5.74, 6) is 0.743. The van der Waals surface area contributed by atoms with Crippen LogP contribution in [-0.4, -0.2) is 54.8 Å². The van der Waals surface area contributed by atoms with Crippen LogP contribution in [0.2, 0.25) is 0 Å². The van der Waals surface area contributed by atoms with Crippen LogP contribution in [-0.2, 0) is 27.7 Å². The van der Waals surface area contributed by atoms with Gasteiger partial charge in [-0.25, -0.2) is 8.42 Å². The lowest BCUT2D eigenvalue weighted by atomic mass is 10.1. The number of hydrogen-bond acceptors (Lipinski definition) is 5. The van der Waals surface area contributed by atoms with E-state index in [2.05, 4.69) is 48.3 Å². The molecule has 1 aliphatic heterocycles. The summed E-state index contributed by atoms with van der Waals surface area (Å²) < 4.78 is 22.8. The van der Waals surface area contributed by atoms with E-state index in [0.717, 1.165) is 25.2 Å². The predicted molar refractivity (Wildman–Crippen MR) is 104 cm³/mol. The molecule has 1 aromatic carbocycles. The molecule has 2 rings (SSSR count). The van der Waals surface area contributed by atoms with E-state index in [1.807, 2.05) is 0 Å². The highest BCUT2D eigenvalue weighted by Gasteiger charge is 2.28. The van der Waals surface area contributed by atoms with Crippen LogP contribution < -0.4 is 5.32 Å². The van der Waals surface area contributed by atoms with Gasteiger partial charge in [0.2, 0.25) is 5.91 Å². The normalized spacial score (nSPS) is 19.2. The molecular weight excluding hydrogens is 356 g/mol. The number of thioether (sulfide) groups is 1. The first kappa shape index (κ1) is 20.3. The molecular formula is C18H28N2O3S2. The Morgan fingerprint density at radius 3 is 2.40 bits per heavy atom. The van der Waals surface area contributed by atoms with E-state index >= 15 is 0 Å². The zero-order valence-corrected chi connectivity index (χ0v) is 16.7. The van der Waals surface area contributed by atoms with Crippen LogP contribution in [0, 0.1) is 0 Å². The molecule has 1 atom stereocenters. The molecule has 1 fully saturated rings. The molecule has 1 aromatic rings. The van der Waals surface area contributed by atoms with E-state index in [4.69, 9.17) is 0 Å². The van der Waals surface area contributed by atoms with Crippen molar-refractivity contribution >= 4 is 27.5 Å². The van der Waals surface area contributed by atoms with E-state index in [0.29, 0.717) is 18.7 Å². The van der Waals surface area contributed by atoms with Gasteiger partial charge >= 0.3 is 0 Å². The standard InChI is InChI=1S/C18H28N2O3S2/c1-3-20(4-2)12-16-7-5-15(6-8-16)11-19-18(21)13-24-17-9-10-25(22,23)14-17/h5-8,17H,3-4,9-14H2,1-2H3,(H,19,21). The highest BCUT2D eigenvalue weighted by Crippen LogP contribution is 2.23. The molecule has 7 heteroatoms. The number of carbonyl (C=O) groups is 1. The lowest BCUT2D eigenvalue weighted by molar-refractivity contribution is -0.118. The molecule has 0 aliphatic carbocycles. The second-order valence-corrected chi connectivity index (χ2v) is 9.91. The Balaban J connectivity index is 1.71. The van der Waals surface area contributed by atoms with Gasteiger partial charge in [-0.3, -0.25) is 9.69 Å². The van der Waals surface area contributed by atoms with Gasteiger partial charge in [-0.05, 0) is 30.6 Å². The molecule has 140 valence electrons. The maximum Gasteiger partial charge on any atom is 0.230 e. The summed E-state index contributed by atoms with van der Waals surface area (Å²) in [4.78, 5) is 14.3. The van der Waals surface area contributed by atoms with Crippen molar-refractivity contribution < 1.29 is 13.2 Å². The number of hydrogen-bond donors (Lipinski definition) is 1. The minimum atomic E-state index is -2.87.